The molecular formula is C21H26N4O4. The molecule has 1 amide bonds. The van der Waals surface area contributed by atoms with E-state index in [1.54, 1.807) is 33.5 Å². The Morgan fingerprint density at radius 2 is 1.59 bits per heavy atom. The minimum atomic E-state index is -0.0519. The number of carbonyl (C=O) groups is 1. The van der Waals surface area contributed by atoms with Crippen molar-refractivity contribution in [3.8, 4) is 17.2 Å². The van der Waals surface area contributed by atoms with Crippen molar-refractivity contribution in [3.05, 3.63) is 35.0 Å². The molecule has 1 aliphatic carbocycles. The van der Waals surface area contributed by atoms with Crippen LogP contribution in [0.5, 0.6) is 17.2 Å². The summed E-state index contributed by atoms with van der Waals surface area (Å²) in [5.74, 6) is 2.28. The normalized spacial score (nSPS) is 15.8. The first-order chi connectivity index (χ1) is 14.1. The van der Waals surface area contributed by atoms with Gasteiger partial charge in [-0.05, 0) is 43.0 Å². The van der Waals surface area contributed by atoms with Crippen LogP contribution in [0.2, 0.25) is 0 Å². The molecule has 0 N–H and O–H groups in total. The summed E-state index contributed by atoms with van der Waals surface area (Å²) in [7, 11) is 4.63. The van der Waals surface area contributed by atoms with Crippen molar-refractivity contribution in [1.29, 1.82) is 0 Å². The van der Waals surface area contributed by atoms with E-state index in [1.165, 1.54) is 5.56 Å². The van der Waals surface area contributed by atoms with E-state index in [0.717, 1.165) is 43.9 Å². The van der Waals surface area contributed by atoms with Gasteiger partial charge in [-0.15, -0.1) is 5.10 Å². The molecule has 1 aromatic carbocycles. The monoisotopic (exact) mass is 398 g/mol. The number of ether oxygens (including phenoxy) is 3. The Kier molecular flexibility index (Phi) is 5.42. The minimum Gasteiger partial charge on any atom is -0.493 e. The van der Waals surface area contributed by atoms with Crippen molar-refractivity contribution < 1.29 is 19.0 Å². The molecule has 1 aliphatic heterocycles. The average Bonchev–Trinajstić information content (AvgIpc) is 3.25. The number of benzene rings is 1. The highest BCUT2D eigenvalue weighted by atomic mass is 16.5. The molecule has 0 spiro atoms. The average molecular weight is 398 g/mol. The number of aryl methyl sites for hydroxylation is 2. The van der Waals surface area contributed by atoms with Gasteiger partial charge in [-0.25, -0.2) is 0 Å². The fraction of sp³-hybridized carbons (Fsp3) is 0.476. The number of amides is 1. The molecule has 0 unspecified atom stereocenters. The molecule has 0 radical (unpaired) electrons. The Morgan fingerprint density at radius 3 is 2.21 bits per heavy atom. The summed E-state index contributed by atoms with van der Waals surface area (Å²) in [4.78, 5) is 17.1. The Bertz CT molecular complexity index is 885. The van der Waals surface area contributed by atoms with Crippen molar-refractivity contribution >= 4 is 11.7 Å². The molecule has 0 bridgehead atoms. The predicted molar refractivity (Wildman–Crippen MR) is 108 cm³/mol. The molecule has 154 valence electrons. The number of anilines is 1. The lowest BCUT2D eigenvalue weighted by atomic mass is 10.1. The highest BCUT2D eigenvalue weighted by Crippen LogP contribution is 2.38. The van der Waals surface area contributed by atoms with Gasteiger partial charge in [-0.3, -0.25) is 4.79 Å². The van der Waals surface area contributed by atoms with Gasteiger partial charge in [-0.1, -0.05) is 0 Å². The number of methoxy groups -OCH3 is 3. The van der Waals surface area contributed by atoms with Gasteiger partial charge in [0, 0.05) is 31.7 Å². The van der Waals surface area contributed by atoms with Crippen molar-refractivity contribution in [2.24, 2.45) is 0 Å². The highest BCUT2D eigenvalue weighted by molar-refractivity contribution is 5.95. The van der Waals surface area contributed by atoms with Crippen LogP contribution in [0.3, 0.4) is 0 Å². The first-order valence-electron chi connectivity index (χ1n) is 9.84. The van der Waals surface area contributed by atoms with E-state index in [4.69, 9.17) is 14.2 Å². The zero-order valence-electron chi connectivity index (χ0n) is 17.1. The molecule has 1 fully saturated rings. The summed E-state index contributed by atoms with van der Waals surface area (Å²) in [6.07, 6.45) is 3.27. The fourth-order valence-corrected chi connectivity index (χ4v) is 4.00. The number of fused-ring (bicyclic) bond motifs is 1. The largest absolute Gasteiger partial charge is 0.493 e. The van der Waals surface area contributed by atoms with E-state index in [-0.39, 0.29) is 5.91 Å². The van der Waals surface area contributed by atoms with Gasteiger partial charge >= 0.3 is 0 Å². The molecule has 8 nitrogen and oxygen atoms in total. The van der Waals surface area contributed by atoms with E-state index < -0.39 is 0 Å². The number of aromatic nitrogens is 2. The van der Waals surface area contributed by atoms with Gasteiger partial charge in [0.25, 0.3) is 5.91 Å². The van der Waals surface area contributed by atoms with E-state index in [2.05, 4.69) is 21.2 Å². The smallest absolute Gasteiger partial charge is 0.254 e. The molecular weight excluding hydrogens is 372 g/mol. The van der Waals surface area contributed by atoms with Gasteiger partial charge in [0.1, 0.15) is 0 Å². The van der Waals surface area contributed by atoms with Gasteiger partial charge in [0.2, 0.25) is 5.75 Å². The van der Waals surface area contributed by atoms with Crippen LogP contribution in [0.4, 0.5) is 5.82 Å². The lowest BCUT2D eigenvalue weighted by Gasteiger charge is -2.35. The van der Waals surface area contributed by atoms with Crippen LogP contribution < -0.4 is 19.1 Å². The Morgan fingerprint density at radius 1 is 0.897 bits per heavy atom. The van der Waals surface area contributed by atoms with Crippen molar-refractivity contribution in [1.82, 2.24) is 15.1 Å². The number of carbonyl (C=O) groups excluding carboxylic acids is 1. The summed E-state index contributed by atoms with van der Waals surface area (Å²) in [5, 5.41) is 8.77. The van der Waals surface area contributed by atoms with Crippen LogP contribution in [0.15, 0.2) is 18.2 Å². The first kappa shape index (κ1) is 19.3. The third-order valence-electron chi connectivity index (χ3n) is 5.61. The quantitative estimate of drug-likeness (QED) is 0.762. The van der Waals surface area contributed by atoms with E-state index in [1.807, 2.05) is 4.90 Å². The Hall–Kier alpha value is -3.03. The van der Waals surface area contributed by atoms with Crippen LogP contribution >= 0.6 is 0 Å². The number of rotatable bonds is 5. The molecule has 29 heavy (non-hydrogen) atoms. The summed E-state index contributed by atoms with van der Waals surface area (Å²) >= 11 is 0. The maximum Gasteiger partial charge on any atom is 0.254 e. The number of hydrogen-bond donors (Lipinski definition) is 0. The molecule has 2 heterocycles. The van der Waals surface area contributed by atoms with Crippen LogP contribution in [-0.2, 0) is 12.8 Å². The van der Waals surface area contributed by atoms with Crippen molar-refractivity contribution in [2.45, 2.75) is 19.3 Å². The minimum absolute atomic E-state index is 0.0519. The molecule has 1 saturated heterocycles. The predicted octanol–water partition coefficient (Wildman–Crippen LogP) is 1.95. The van der Waals surface area contributed by atoms with Crippen molar-refractivity contribution in [3.63, 3.8) is 0 Å². The molecule has 2 aromatic rings. The van der Waals surface area contributed by atoms with E-state index in [9.17, 15) is 4.79 Å². The molecule has 4 rings (SSSR count). The van der Waals surface area contributed by atoms with Gasteiger partial charge in [0.15, 0.2) is 17.3 Å². The standard InChI is InChI=1S/C21H26N4O4/c1-27-17-11-15(12-18(28-2)20(17)29-3)21(26)25-9-7-24(8-10-25)19-13-14-5-4-6-16(14)22-23-19/h11-13H,4-10H2,1-3H3. The van der Waals surface area contributed by atoms with Crippen LogP contribution in [0, 0.1) is 0 Å². The summed E-state index contributed by atoms with van der Waals surface area (Å²) < 4.78 is 16.1. The second-order valence-electron chi connectivity index (χ2n) is 7.22. The zero-order chi connectivity index (χ0) is 20.4. The van der Waals surface area contributed by atoms with Gasteiger partial charge < -0.3 is 24.0 Å². The van der Waals surface area contributed by atoms with Crippen molar-refractivity contribution in [2.75, 3.05) is 52.4 Å². The van der Waals surface area contributed by atoms with Crippen LogP contribution in [-0.4, -0.2) is 68.5 Å². The summed E-state index contributed by atoms with van der Waals surface area (Å²) in [6, 6.07) is 5.55. The maximum atomic E-state index is 13.1. The van der Waals surface area contributed by atoms with Gasteiger partial charge in [-0.2, -0.15) is 5.10 Å². The highest BCUT2D eigenvalue weighted by Gasteiger charge is 2.26. The first-order valence-corrected chi connectivity index (χ1v) is 9.84. The Balaban J connectivity index is 1.46. The van der Waals surface area contributed by atoms with Gasteiger partial charge in [0.05, 0.1) is 27.0 Å². The summed E-state index contributed by atoms with van der Waals surface area (Å²) in [6.45, 7) is 2.69. The van der Waals surface area contributed by atoms with Crippen LogP contribution in [0.1, 0.15) is 28.0 Å². The molecule has 2 aliphatic rings. The SMILES string of the molecule is COc1cc(C(=O)N2CCN(c3cc4c(nn3)CCC4)CC2)cc(OC)c1OC. The lowest BCUT2D eigenvalue weighted by Crippen LogP contribution is -2.49. The second-order valence-corrected chi connectivity index (χ2v) is 7.22. The maximum absolute atomic E-state index is 13.1. The number of hydrogen-bond acceptors (Lipinski definition) is 7. The molecule has 8 heteroatoms. The molecule has 0 saturated carbocycles. The molecule has 1 aromatic heterocycles. The Labute approximate surface area is 170 Å². The van der Waals surface area contributed by atoms with E-state index in [0.29, 0.717) is 35.9 Å². The number of piperazine rings is 1. The second kappa shape index (κ2) is 8.14. The van der Waals surface area contributed by atoms with Crippen LogP contribution in [0.25, 0.3) is 0 Å². The lowest BCUT2D eigenvalue weighted by molar-refractivity contribution is 0.0745. The fourth-order valence-electron chi connectivity index (χ4n) is 4.00. The van der Waals surface area contributed by atoms with E-state index >= 15 is 0 Å². The third-order valence-corrected chi connectivity index (χ3v) is 5.61. The summed E-state index contributed by atoms with van der Waals surface area (Å²) in [5.41, 5.74) is 2.96. The zero-order valence-corrected chi connectivity index (χ0v) is 17.1. The third kappa shape index (κ3) is 3.66. The number of nitrogens with zero attached hydrogens (tertiary/aromatic N) is 4. The topological polar surface area (TPSA) is 77.0 Å². The molecule has 0 atom stereocenters.